The van der Waals surface area contributed by atoms with Crippen LogP contribution in [0.1, 0.15) is 34.6 Å². The van der Waals surface area contributed by atoms with Crippen LogP contribution in [0.4, 0.5) is 0 Å². The molecule has 1 heterocycles. The highest BCUT2D eigenvalue weighted by atomic mass is 35.5. The summed E-state index contributed by atoms with van der Waals surface area (Å²) < 4.78 is 11.0. The molecule has 0 saturated carbocycles. The molecule has 4 nitrogen and oxygen atoms in total. The van der Waals surface area contributed by atoms with E-state index in [2.05, 4.69) is 5.32 Å². The largest absolute Gasteiger partial charge is 0.497 e. The number of nitrogens with one attached hydrogen (secondary N) is 1. The van der Waals surface area contributed by atoms with Gasteiger partial charge in [-0.25, -0.2) is 0 Å². The van der Waals surface area contributed by atoms with Gasteiger partial charge in [0.1, 0.15) is 11.3 Å². The first kappa shape index (κ1) is 16.4. The van der Waals surface area contributed by atoms with E-state index in [0.29, 0.717) is 16.4 Å². The summed E-state index contributed by atoms with van der Waals surface area (Å²) in [5.41, 5.74) is 2.31. The first-order valence-electron chi connectivity index (χ1n) is 7.63. The highest BCUT2D eigenvalue weighted by molar-refractivity contribution is 6.31. The molecule has 3 rings (SSSR count). The zero-order valence-corrected chi connectivity index (χ0v) is 14.5. The van der Waals surface area contributed by atoms with Gasteiger partial charge in [-0.3, -0.25) is 4.79 Å². The van der Waals surface area contributed by atoms with E-state index in [4.69, 9.17) is 20.8 Å². The van der Waals surface area contributed by atoms with E-state index in [1.54, 1.807) is 25.3 Å². The summed E-state index contributed by atoms with van der Waals surface area (Å²) in [5.74, 6) is 0.759. The lowest BCUT2D eigenvalue weighted by molar-refractivity contribution is 0.0913. The van der Waals surface area contributed by atoms with E-state index >= 15 is 0 Å². The molecular formula is C19H18ClNO3. The molecular weight excluding hydrogens is 326 g/mol. The van der Waals surface area contributed by atoms with Crippen LogP contribution in [0.25, 0.3) is 11.0 Å². The van der Waals surface area contributed by atoms with Crippen LogP contribution in [0.3, 0.4) is 0 Å². The molecule has 0 aliphatic rings. The maximum atomic E-state index is 12.6. The molecule has 1 aromatic heterocycles. The molecule has 0 spiro atoms. The molecule has 1 N–H and O–H groups in total. The second kappa shape index (κ2) is 6.57. The van der Waals surface area contributed by atoms with Gasteiger partial charge >= 0.3 is 0 Å². The van der Waals surface area contributed by atoms with E-state index in [0.717, 1.165) is 22.3 Å². The number of hydrogen-bond acceptors (Lipinski definition) is 3. The Morgan fingerprint density at radius 1 is 1.25 bits per heavy atom. The van der Waals surface area contributed by atoms with Crippen molar-refractivity contribution in [3.05, 3.63) is 64.4 Å². The van der Waals surface area contributed by atoms with Crippen LogP contribution < -0.4 is 10.1 Å². The number of carbonyl (C=O) groups is 1. The fraction of sp³-hybridized carbons (Fsp3) is 0.211. The molecule has 0 unspecified atom stereocenters. The number of rotatable bonds is 4. The number of halogens is 1. The highest BCUT2D eigenvalue weighted by Gasteiger charge is 2.20. The zero-order chi connectivity index (χ0) is 17.3. The number of benzene rings is 2. The van der Waals surface area contributed by atoms with Crippen molar-refractivity contribution >= 4 is 28.5 Å². The Balaban J connectivity index is 1.89. The molecule has 0 aliphatic carbocycles. The summed E-state index contributed by atoms with van der Waals surface area (Å²) in [6, 6.07) is 12.7. The van der Waals surface area contributed by atoms with Crippen molar-refractivity contribution in [2.24, 2.45) is 0 Å². The summed E-state index contributed by atoms with van der Waals surface area (Å²) in [5, 5.41) is 4.42. The Labute approximate surface area is 145 Å². The van der Waals surface area contributed by atoms with Gasteiger partial charge in [-0.1, -0.05) is 29.8 Å². The number of hydrogen-bond donors (Lipinski definition) is 1. The number of ether oxygens (including phenoxy) is 1. The fourth-order valence-corrected chi connectivity index (χ4v) is 3.01. The zero-order valence-electron chi connectivity index (χ0n) is 13.7. The average molecular weight is 344 g/mol. The summed E-state index contributed by atoms with van der Waals surface area (Å²) >= 11 is 6.19. The summed E-state index contributed by atoms with van der Waals surface area (Å²) in [4.78, 5) is 12.6. The Morgan fingerprint density at radius 3 is 2.71 bits per heavy atom. The minimum atomic E-state index is -0.268. The van der Waals surface area contributed by atoms with E-state index < -0.39 is 0 Å². The second-order valence-electron chi connectivity index (χ2n) is 5.63. The van der Waals surface area contributed by atoms with Gasteiger partial charge in [-0.15, -0.1) is 0 Å². The van der Waals surface area contributed by atoms with Gasteiger partial charge < -0.3 is 14.5 Å². The number of furan rings is 1. The third-order valence-electron chi connectivity index (χ3n) is 4.07. The van der Waals surface area contributed by atoms with Crippen molar-refractivity contribution in [1.82, 2.24) is 5.32 Å². The number of methoxy groups -OCH3 is 1. The minimum absolute atomic E-state index is 0.228. The molecule has 3 aromatic rings. The van der Waals surface area contributed by atoms with E-state index in [1.165, 1.54) is 0 Å². The molecule has 0 aliphatic heterocycles. The van der Waals surface area contributed by atoms with E-state index in [-0.39, 0.29) is 11.9 Å². The van der Waals surface area contributed by atoms with Crippen molar-refractivity contribution < 1.29 is 13.9 Å². The first-order valence-corrected chi connectivity index (χ1v) is 8.01. The lowest BCUT2D eigenvalue weighted by Crippen LogP contribution is -2.27. The van der Waals surface area contributed by atoms with Gasteiger partial charge in [-0.05, 0) is 43.7 Å². The van der Waals surface area contributed by atoms with Gasteiger partial charge in [0.25, 0.3) is 5.91 Å². The maximum Gasteiger partial charge on any atom is 0.287 e. The highest BCUT2D eigenvalue weighted by Crippen LogP contribution is 2.29. The van der Waals surface area contributed by atoms with Crippen LogP contribution in [0.5, 0.6) is 5.75 Å². The number of aryl methyl sites for hydroxylation is 1. The summed E-state index contributed by atoms with van der Waals surface area (Å²) in [7, 11) is 1.61. The van der Waals surface area contributed by atoms with Crippen LogP contribution in [-0.4, -0.2) is 13.0 Å². The van der Waals surface area contributed by atoms with Crippen LogP contribution >= 0.6 is 11.6 Å². The number of amides is 1. The standard InChI is InChI=1S/C19H18ClNO3/c1-11-15-10-13(23-3)8-9-17(15)24-18(11)19(22)21-12(2)14-6-4-5-7-16(14)20/h4-10,12H,1-3H3,(H,21,22)/t12-/m0/s1. The third-order valence-corrected chi connectivity index (χ3v) is 4.41. The van der Waals surface area contributed by atoms with Gasteiger partial charge in [0, 0.05) is 16.0 Å². The van der Waals surface area contributed by atoms with Crippen molar-refractivity contribution in [1.29, 1.82) is 0 Å². The predicted octanol–water partition coefficient (Wildman–Crippen LogP) is 4.89. The van der Waals surface area contributed by atoms with Crippen LogP contribution in [0.15, 0.2) is 46.9 Å². The van der Waals surface area contributed by atoms with Crippen molar-refractivity contribution in [3.63, 3.8) is 0 Å². The Hall–Kier alpha value is -2.46. The van der Waals surface area contributed by atoms with Crippen molar-refractivity contribution in [3.8, 4) is 5.75 Å². The summed E-state index contributed by atoms with van der Waals surface area (Å²) in [6.07, 6.45) is 0. The quantitative estimate of drug-likeness (QED) is 0.733. The SMILES string of the molecule is COc1ccc2oc(C(=O)N[C@@H](C)c3ccccc3Cl)c(C)c2c1. The van der Waals surface area contributed by atoms with Crippen LogP contribution in [-0.2, 0) is 0 Å². The normalized spacial score (nSPS) is 12.2. The molecule has 1 amide bonds. The lowest BCUT2D eigenvalue weighted by Gasteiger charge is -2.15. The van der Waals surface area contributed by atoms with E-state index in [9.17, 15) is 4.79 Å². The molecule has 24 heavy (non-hydrogen) atoms. The maximum absolute atomic E-state index is 12.6. The average Bonchev–Trinajstić information content (AvgIpc) is 2.91. The monoisotopic (exact) mass is 343 g/mol. The fourth-order valence-electron chi connectivity index (χ4n) is 2.71. The molecule has 0 fully saturated rings. The smallest absolute Gasteiger partial charge is 0.287 e. The molecule has 0 radical (unpaired) electrons. The van der Waals surface area contributed by atoms with Gasteiger partial charge in [0.2, 0.25) is 0 Å². The molecule has 124 valence electrons. The molecule has 0 bridgehead atoms. The van der Waals surface area contributed by atoms with Gasteiger partial charge in [-0.2, -0.15) is 0 Å². The van der Waals surface area contributed by atoms with Crippen molar-refractivity contribution in [2.45, 2.75) is 19.9 Å². The summed E-state index contributed by atoms with van der Waals surface area (Å²) in [6.45, 7) is 3.75. The van der Waals surface area contributed by atoms with E-state index in [1.807, 2.05) is 38.1 Å². The molecule has 2 aromatic carbocycles. The third kappa shape index (κ3) is 2.97. The second-order valence-corrected chi connectivity index (χ2v) is 6.04. The van der Waals surface area contributed by atoms with Crippen molar-refractivity contribution in [2.75, 3.05) is 7.11 Å². The Morgan fingerprint density at radius 2 is 2.00 bits per heavy atom. The number of fused-ring (bicyclic) bond motifs is 1. The number of carbonyl (C=O) groups excluding carboxylic acids is 1. The lowest BCUT2D eigenvalue weighted by atomic mass is 10.1. The van der Waals surface area contributed by atoms with Crippen LogP contribution in [0, 0.1) is 6.92 Å². The first-order chi connectivity index (χ1) is 11.5. The topological polar surface area (TPSA) is 51.5 Å². The molecule has 1 atom stereocenters. The van der Waals surface area contributed by atoms with Crippen LogP contribution in [0.2, 0.25) is 5.02 Å². The van der Waals surface area contributed by atoms with Gasteiger partial charge in [0.05, 0.1) is 13.2 Å². The molecule has 0 saturated heterocycles. The Kier molecular flexibility index (Phi) is 4.49. The predicted molar refractivity (Wildman–Crippen MR) is 94.8 cm³/mol. The minimum Gasteiger partial charge on any atom is -0.497 e. The Bertz CT molecular complexity index is 901. The van der Waals surface area contributed by atoms with Gasteiger partial charge in [0.15, 0.2) is 5.76 Å². The molecule has 5 heteroatoms.